The van der Waals surface area contributed by atoms with Crippen molar-refractivity contribution in [1.82, 2.24) is 65.4 Å². The average Bonchev–Trinajstić information content (AvgIpc) is 1.72. The second-order valence-corrected chi connectivity index (χ2v) is 32.9. The molecule has 7 fully saturated rings. The van der Waals surface area contributed by atoms with Gasteiger partial charge >= 0.3 is 0 Å². The van der Waals surface area contributed by atoms with Crippen LogP contribution in [0.4, 0.5) is 11.4 Å². The maximum absolute atomic E-state index is 11.6. The highest BCUT2D eigenvalue weighted by Gasteiger charge is 2.32. The Morgan fingerprint density at radius 1 is 0.560 bits per heavy atom. The van der Waals surface area contributed by atoms with Crippen LogP contribution in [0.15, 0.2) is 84.0 Å². The normalized spacial score (nSPS) is 20.2. The van der Waals surface area contributed by atoms with Gasteiger partial charge in [0.1, 0.15) is 22.2 Å². The first kappa shape index (κ1) is 107. The number of primary amides is 1. The number of likely N-dealkylation sites (tertiary alicyclic amines) is 2. The lowest BCUT2D eigenvalue weighted by Gasteiger charge is -2.31. The van der Waals surface area contributed by atoms with Gasteiger partial charge in [-0.05, 0) is 148 Å². The zero-order chi connectivity index (χ0) is 86.5. The zero-order valence-corrected chi connectivity index (χ0v) is 73.4. The van der Waals surface area contributed by atoms with Crippen molar-refractivity contribution < 1.29 is 69.7 Å². The summed E-state index contributed by atoms with van der Waals surface area (Å²) >= 11 is 0. The van der Waals surface area contributed by atoms with Crippen molar-refractivity contribution in [2.75, 3.05) is 238 Å². The van der Waals surface area contributed by atoms with Gasteiger partial charge in [-0.3, -0.25) is 33.8 Å². The number of anilines is 2. The SMILES string of the molecule is CNC(=O)CCN1CCOCC1.CNC(=O)CN1CCOCC1.CNC1CCC(OC/C=N/O)CC1.CNC1CCC(OCCN)CC1.CNC1CCN(C(=O)CN)C1.CNC1CCN(C(=O)CN)CC1.CNC1CCN(S(=O)(=O)N(C)C)C1.CNc1cccc(C(N)=O)c1.CNc1ccccc1OCc1ccccc1.CS(C)(=O)=O. The minimum Gasteiger partial charge on any atom is -0.487 e. The summed E-state index contributed by atoms with van der Waals surface area (Å²) in [6.45, 7) is 15.3. The van der Waals surface area contributed by atoms with Crippen molar-refractivity contribution >= 4 is 67.2 Å². The highest BCUT2D eigenvalue weighted by atomic mass is 32.2. The van der Waals surface area contributed by atoms with E-state index in [1.54, 1.807) is 58.3 Å². The van der Waals surface area contributed by atoms with E-state index < -0.39 is 26.0 Å². The Kier molecular flexibility index (Phi) is 60.1. The van der Waals surface area contributed by atoms with E-state index in [-0.39, 0.29) is 36.7 Å². The number of benzene rings is 3. The van der Waals surface area contributed by atoms with Crippen LogP contribution in [-0.4, -0.2) is 356 Å². The van der Waals surface area contributed by atoms with Crippen LogP contribution in [-0.2, 0) is 64.8 Å². The molecule has 2 saturated carbocycles. The number of amides is 5. The fraction of sp³-hybridized carbons (Fsp3) is 0.696. The second-order valence-electron chi connectivity index (χ2n) is 28.5. The van der Waals surface area contributed by atoms with Crippen molar-refractivity contribution in [2.24, 2.45) is 28.1 Å². The maximum Gasteiger partial charge on any atom is 0.281 e. The number of likely N-dealkylation sites (N-methyl/N-ethyl adjacent to an activating group) is 3. The Balaban J connectivity index is 0.000000649. The van der Waals surface area contributed by atoms with Crippen molar-refractivity contribution in [3.05, 3.63) is 90.0 Å². The third-order valence-electron chi connectivity index (χ3n) is 19.6. The third kappa shape index (κ3) is 50.1. The van der Waals surface area contributed by atoms with E-state index in [1.807, 2.05) is 95.7 Å². The summed E-state index contributed by atoms with van der Waals surface area (Å²) in [7, 11) is 14.0. The molecule has 5 saturated heterocycles. The number of carbonyl (C=O) groups excluding carboxylic acids is 5. The molecule has 2 atom stereocenters. The quantitative estimate of drug-likeness (QED) is 0.0300. The molecule has 2 aliphatic carbocycles. The van der Waals surface area contributed by atoms with Crippen LogP contribution in [0.2, 0.25) is 0 Å². The topological polar surface area (TPSA) is 464 Å². The average molecular weight is 1680 g/mol. The minimum atomic E-state index is -3.19. The summed E-state index contributed by atoms with van der Waals surface area (Å²) in [6.07, 6.45) is 18.6. The van der Waals surface area contributed by atoms with Crippen molar-refractivity contribution in [3.8, 4) is 5.75 Å². The van der Waals surface area contributed by atoms with Gasteiger partial charge in [-0.15, -0.1) is 0 Å². The number of morpholine rings is 2. The Labute approximate surface area is 693 Å². The van der Waals surface area contributed by atoms with Gasteiger partial charge in [0.15, 0.2) is 0 Å². The lowest BCUT2D eigenvalue weighted by Crippen LogP contribution is -2.45. The number of nitrogens with zero attached hydrogens (tertiary/aromatic N) is 7. The molecular weight excluding hydrogens is 1530 g/mol. The summed E-state index contributed by atoms with van der Waals surface area (Å²) < 4.78 is 72.4. The van der Waals surface area contributed by atoms with Gasteiger partial charge in [-0.1, -0.05) is 53.7 Å². The van der Waals surface area contributed by atoms with Crippen molar-refractivity contribution in [2.45, 2.75) is 132 Å². The monoisotopic (exact) mass is 1680 g/mol. The molecule has 7 aliphatic rings. The smallest absolute Gasteiger partial charge is 0.281 e. The van der Waals surface area contributed by atoms with Gasteiger partial charge in [0, 0.05) is 181 Å². The van der Waals surface area contributed by atoms with Crippen LogP contribution >= 0.6 is 0 Å². The number of piperidine rings is 1. The molecule has 18 N–H and O–H groups in total. The number of oxime groups is 1. The molecule has 0 radical (unpaired) electrons. The number of hydrogen-bond donors (Lipinski definition) is 14. The van der Waals surface area contributed by atoms with Gasteiger partial charge in [0.25, 0.3) is 10.2 Å². The number of sulfone groups is 1. The van der Waals surface area contributed by atoms with Crippen LogP contribution in [0.3, 0.4) is 0 Å². The minimum absolute atomic E-state index is 0.0581. The van der Waals surface area contributed by atoms with Crippen LogP contribution in [0.5, 0.6) is 5.75 Å². The summed E-state index contributed by atoms with van der Waals surface area (Å²) in [5, 5.41) is 38.3. The highest BCUT2D eigenvalue weighted by Crippen LogP contribution is 2.25. The molecule has 5 amide bonds. The molecule has 2 unspecified atom stereocenters. The van der Waals surface area contributed by atoms with Crippen LogP contribution < -0.4 is 75.5 Å². The van der Waals surface area contributed by atoms with E-state index in [1.165, 1.54) is 58.9 Å². The summed E-state index contributed by atoms with van der Waals surface area (Å²) in [5.41, 5.74) is 24.5. The summed E-state index contributed by atoms with van der Waals surface area (Å²) in [5.74, 6) is 0.802. The zero-order valence-electron chi connectivity index (χ0n) is 71.8. The van der Waals surface area contributed by atoms with E-state index in [0.717, 1.165) is 160 Å². The fourth-order valence-corrected chi connectivity index (χ4v) is 13.6. The van der Waals surface area contributed by atoms with Gasteiger partial charge in [-0.25, -0.2) is 8.42 Å². The first-order valence-electron chi connectivity index (χ1n) is 40.3. The molecule has 0 bridgehead atoms. The Morgan fingerprint density at radius 2 is 1.03 bits per heavy atom. The van der Waals surface area contributed by atoms with E-state index in [4.69, 9.17) is 51.8 Å². The number of para-hydroxylation sites is 2. The molecule has 0 aromatic heterocycles. The molecule has 10 rings (SSSR count). The van der Waals surface area contributed by atoms with E-state index in [9.17, 15) is 40.8 Å². The molecule has 3 aromatic rings. The Bertz CT molecular complexity index is 3300. The van der Waals surface area contributed by atoms with Gasteiger partial charge in [0.2, 0.25) is 29.5 Å². The summed E-state index contributed by atoms with van der Waals surface area (Å²) in [6, 6.07) is 27.8. The molecule has 5 heterocycles. The molecule has 5 aliphatic heterocycles. The van der Waals surface area contributed by atoms with Crippen molar-refractivity contribution in [1.29, 1.82) is 0 Å². The van der Waals surface area contributed by atoms with E-state index in [0.29, 0.717) is 93.8 Å². The number of nitrogens with two attached hydrogens (primary N) is 4. The van der Waals surface area contributed by atoms with Crippen LogP contribution in [0, 0.1) is 0 Å². The highest BCUT2D eigenvalue weighted by molar-refractivity contribution is 7.90. The largest absolute Gasteiger partial charge is 0.487 e. The number of rotatable bonds is 26. The Morgan fingerprint density at radius 3 is 1.50 bits per heavy atom. The van der Waals surface area contributed by atoms with Crippen LogP contribution in [0.25, 0.3) is 0 Å². The molecule has 116 heavy (non-hydrogen) atoms. The number of hydrogen-bond acceptors (Lipinski definition) is 28. The van der Waals surface area contributed by atoms with E-state index in [2.05, 4.69) is 74.9 Å². The third-order valence-corrected chi connectivity index (χ3v) is 21.5. The molecule has 37 heteroatoms. The number of carbonyl (C=O) groups is 5. The predicted molar refractivity (Wildman–Crippen MR) is 463 cm³/mol. The van der Waals surface area contributed by atoms with Crippen molar-refractivity contribution in [3.63, 3.8) is 0 Å². The predicted octanol–water partition coefficient (Wildman–Crippen LogP) is 0.808. The second kappa shape index (κ2) is 65.1. The molecule has 3 aromatic carbocycles. The van der Waals surface area contributed by atoms with E-state index >= 15 is 0 Å². The van der Waals surface area contributed by atoms with Gasteiger partial charge < -0.3 is 109 Å². The molecule has 0 spiro atoms. The molecule has 666 valence electrons. The standard InChI is InChI=1S/C14H15NO.C9H18N2O2.C9H20N2O.C8H17N3O.C8H16N2O2.C8H10N2O.C7H17N3O2S.C7H15N3O.C7H14N2O2.C2H6O2S/c1-15-13-9-5-6-10-14(13)16-11-12-7-3-2-4-8-12;1-10-8-2-4-9(5-3-8)13-7-6-11-12;1-11-8-2-4-9(5-3-8)12-7-6-10;1-10-7-2-4-11(5-3-7)8(12)6-9;1-9-8(11)2-3-10-4-6-12-7-5-10;1-10-7-4-2-3-6(5-7)8(9)11;1-8-7-4-5-10(6-7)13(11,12)9(2)3;1-9-6-2-3-10(5-6)7(11)4-8;1-8-7(10)6-9-2-4-11-5-3-9;1-5(2,3)4/h2-10,15H,11H2,1H3;6,8-10,12H,2-5,7H2,1H3;8-9,11H,2-7,10H2,1H3;7,10H,2-6,9H2,1H3;2-7H2,1H3,(H,9,11);2-5,10H,1H3,(H2,9,11);7-8H,4-6H2,1-3H3;6,9H,2-5,8H2,1H3;2-6H2,1H3,(H,8,10);1-2H3/b;11-6+;;;;;;;;. The summed E-state index contributed by atoms with van der Waals surface area (Å²) in [4.78, 5) is 62.6. The van der Waals surface area contributed by atoms with Gasteiger partial charge in [-0.2, -0.15) is 17.0 Å². The first-order valence-corrected chi connectivity index (χ1v) is 44.0. The Hall–Kier alpha value is -6.86. The maximum atomic E-state index is 11.6. The fourth-order valence-electron chi connectivity index (χ4n) is 12.4. The lowest BCUT2D eigenvalue weighted by molar-refractivity contribution is -0.131. The molecule has 35 nitrogen and oxygen atoms in total. The lowest BCUT2D eigenvalue weighted by atomic mass is 9.93. The van der Waals surface area contributed by atoms with Gasteiger partial charge in [0.05, 0.1) is 83.4 Å². The number of ether oxygens (including phenoxy) is 5. The molecular formula is C79H148N20O15S2. The first-order chi connectivity index (χ1) is 55.5. The number of nitrogens with one attached hydrogen (secondary N) is 9. The van der Waals surface area contributed by atoms with Crippen LogP contribution in [0.1, 0.15) is 99.4 Å².